The second-order valence-electron chi connectivity index (χ2n) is 3.89. The lowest BCUT2D eigenvalue weighted by Gasteiger charge is -2.21. The third-order valence-electron chi connectivity index (χ3n) is 2.43. The van der Waals surface area contributed by atoms with Crippen LogP contribution in [0.5, 0.6) is 0 Å². The van der Waals surface area contributed by atoms with Crippen molar-refractivity contribution in [2.24, 2.45) is 0 Å². The van der Waals surface area contributed by atoms with E-state index in [1.54, 1.807) is 7.05 Å². The van der Waals surface area contributed by atoms with Gasteiger partial charge in [0.1, 0.15) is 17.6 Å². The molecule has 7 nitrogen and oxygen atoms in total. The molecule has 0 unspecified atom stereocenters. The monoisotopic (exact) mass is 238 g/mol. The van der Waals surface area contributed by atoms with Crippen LogP contribution in [0.1, 0.15) is 24.2 Å². The second kappa shape index (κ2) is 4.77. The lowest BCUT2D eigenvalue weighted by molar-refractivity contribution is -0.385. The van der Waals surface area contributed by atoms with Crippen LogP contribution >= 0.6 is 0 Å². The van der Waals surface area contributed by atoms with E-state index < -0.39 is 10.8 Å². The van der Waals surface area contributed by atoms with E-state index in [4.69, 9.17) is 5.73 Å². The Balaban J connectivity index is 3.24. The van der Waals surface area contributed by atoms with Crippen LogP contribution in [0.3, 0.4) is 0 Å². The zero-order valence-electron chi connectivity index (χ0n) is 9.88. The third-order valence-corrected chi connectivity index (χ3v) is 2.43. The first-order chi connectivity index (χ1) is 7.84. The Morgan fingerprint density at radius 2 is 2.18 bits per heavy atom. The normalized spacial score (nSPS) is 10.4. The fourth-order valence-electron chi connectivity index (χ4n) is 1.21. The predicted molar refractivity (Wildman–Crippen MR) is 62.5 cm³/mol. The molecule has 0 aliphatic carbocycles. The highest BCUT2D eigenvalue weighted by Gasteiger charge is 2.24. The van der Waals surface area contributed by atoms with Crippen LogP contribution in [0.15, 0.2) is 12.3 Å². The highest BCUT2D eigenvalue weighted by Crippen LogP contribution is 2.21. The van der Waals surface area contributed by atoms with Crippen molar-refractivity contribution < 1.29 is 9.72 Å². The number of pyridine rings is 1. The SMILES string of the molecule is CC(C)N(C)C(=O)c1cc(N)ncc1[N+](=O)[O-]. The molecular weight excluding hydrogens is 224 g/mol. The van der Waals surface area contributed by atoms with Crippen molar-refractivity contribution in [3.63, 3.8) is 0 Å². The van der Waals surface area contributed by atoms with Gasteiger partial charge in [0.25, 0.3) is 11.6 Å². The largest absolute Gasteiger partial charge is 0.384 e. The maximum atomic E-state index is 12.0. The second-order valence-corrected chi connectivity index (χ2v) is 3.89. The van der Waals surface area contributed by atoms with Crippen molar-refractivity contribution >= 4 is 17.4 Å². The van der Waals surface area contributed by atoms with Crippen LogP contribution in [-0.2, 0) is 0 Å². The first-order valence-corrected chi connectivity index (χ1v) is 5.01. The summed E-state index contributed by atoms with van der Waals surface area (Å²) in [6, 6.07) is 1.16. The Labute approximate surface area is 98.4 Å². The van der Waals surface area contributed by atoms with Crippen LogP contribution in [0.4, 0.5) is 11.5 Å². The molecule has 2 N–H and O–H groups in total. The molecule has 1 aromatic heterocycles. The van der Waals surface area contributed by atoms with E-state index in [2.05, 4.69) is 4.98 Å². The molecule has 1 heterocycles. The van der Waals surface area contributed by atoms with Gasteiger partial charge in [-0.05, 0) is 19.9 Å². The van der Waals surface area contributed by atoms with Gasteiger partial charge in [-0.3, -0.25) is 14.9 Å². The first kappa shape index (κ1) is 12.9. The van der Waals surface area contributed by atoms with Gasteiger partial charge in [0.2, 0.25) is 0 Å². The van der Waals surface area contributed by atoms with E-state index in [-0.39, 0.29) is 23.1 Å². The number of carbonyl (C=O) groups is 1. The topological polar surface area (TPSA) is 102 Å². The molecule has 0 radical (unpaired) electrons. The first-order valence-electron chi connectivity index (χ1n) is 5.01. The summed E-state index contributed by atoms with van der Waals surface area (Å²) >= 11 is 0. The summed E-state index contributed by atoms with van der Waals surface area (Å²) in [5.74, 6) is -0.364. The van der Waals surface area contributed by atoms with Gasteiger partial charge in [-0.15, -0.1) is 0 Å². The molecule has 0 atom stereocenters. The molecule has 1 aromatic rings. The Hall–Kier alpha value is -2.18. The minimum Gasteiger partial charge on any atom is -0.384 e. The Kier molecular flexibility index (Phi) is 3.62. The maximum Gasteiger partial charge on any atom is 0.300 e. The average Bonchev–Trinajstić information content (AvgIpc) is 2.26. The number of carbonyl (C=O) groups excluding carboxylic acids is 1. The Morgan fingerprint density at radius 1 is 1.59 bits per heavy atom. The van der Waals surface area contributed by atoms with Crippen LogP contribution < -0.4 is 5.73 Å². The third kappa shape index (κ3) is 2.68. The minimum atomic E-state index is -0.645. The molecule has 0 aliphatic heterocycles. The molecule has 0 saturated heterocycles. The summed E-state index contributed by atoms with van der Waals surface area (Å²) in [6.45, 7) is 3.63. The highest BCUT2D eigenvalue weighted by atomic mass is 16.6. The summed E-state index contributed by atoms with van der Waals surface area (Å²) in [5, 5.41) is 10.8. The van der Waals surface area contributed by atoms with Gasteiger partial charge < -0.3 is 10.6 Å². The number of nitrogen functional groups attached to an aromatic ring is 1. The molecule has 17 heavy (non-hydrogen) atoms. The van der Waals surface area contributed by atoms with E-state index in [1.807, 2.05) is 13.8 Å². The fourth-order valence-corrected chi connectivity index (χ4v) is 1.21. The number of hydrogen-bond acceptors (Lipinski definition) is 5. The van der Waals surface area contributed by atoms with Gasteiger partial charge >= 0.3 is 0 Å². The zero-order valence-corrected chi connectivity index (χ0v) is 9.88. The van der Waals surface area contributed by atoms with Gasteiger partial charge in [0.15, 0.2) is 0 Å². The molecule has 1 amide bonds. The molecule has 7 heteroatoms. The number of rotatable bonds is 3. The highest BCUT2D eigenvalue weighted by molar-refractivity contribution is 5.98. The average molecular weight is 238 g/mol. The summed E-state index contributed by atoms with van der Waals surface area (Å²) in [4.78, 5) is 27.2. The number of nitro groups is 1. The van der Waals surface area contributed by atoms with Gasteiger partial charge in [-0.25, -0.2) is 4.98 Å². The molecule has 0 aromatic carbocycles. The number of anilines is 1. The summed E-state index contributed by atoms with van der Waals surface area (Å²) in [7, 11) is 1.58. The molecule has 1 rings (SSSR count). The molecule has 92 valence electrons. The molecule has 0 bridgehead atoms. The van der Waals surface area contributed by atoms with Crippen molar-refractivity contribution in [3.8, 4) is 0 Å². The number of nitrogens with two attached hydrogens (primary N) is 1. The molecular formula is C10H14N4O3. The van der Waals surface area contributed by atoms with Gasteiger partial charge in [0.05, 0.1) is 4.92 Å². The number of aromatic nitrogens is 1. The van der Waals surface area contributed by atoms with E-state index in [0.29, 0.717) is 0 Å². The van der Waals surface area contributed by atoms with Crippen molar-refractivity contribution in [2.45, 2.75) is 19.9 Å². The van der Waals surface area contributed by atoms with Crippen LogP contribution in [0, 0.1) is 10.1 Å². The van der Waals surface area contributed by atoms with Crippen LogP contribution in [-0.4, -0.2) is 33.8 Å². The maximum absolute atomic E-state index is 12.0. The zero-order chi connectivity index (χ0) is 13.2. The number of amides is 1. The lowest BCUT2D eigenvalue weighted by atomic mass is 10.2. The van der Waals surface area contributed by atoms with Crippen molar-refractivity contribution in [1.82, 2.24) is 9.88 Å². The minimum absolute atomic E-state index is 0.0429. The number of hydrogen-bond donors (Lipinski definition) is 1. The molecule has 0 spiro atoms. The van der Waals surface area contributed by atoms with E-state index in [1.165, 1.54) is 11.0 Å². The quantitative estimate of drug-likeness (QED) is 0.626. The van der Waals surface area contributed by atoms with Crippen molar-refractivity contribution in [2.75, 3.05) is 12.8 Å². The van der Waals surface area contributed by atoms with Crippen molar-refractivity contribution in [3.05, 3.63) is 27.9 Å². The van der Waals surface area contributed by atoms with Gasteiger partial charge in [0, 0.05) is 13.1 Å². The fraction of sp³-hybridized carbons (Fsp3) is 0.400. The predicted octanol–water partition coefficient (Wildman–Crippen LogP) is 1.05. The standard InChI is InChI=1S/C10H14N4O3/c1-6(2)13(3)10(15)7-4-9(11)12-5-8(7)14(16)17/h4-6H,1-3H3,(H2,11,12). The summed E-state index contributed by atoms with van der Waals surface area (Å²) < 4.78 is 0. The molecule has 0 fully saturated rings. The van der Waals surface area contributed by atoms with Crippen LogP contribution in [0.2, 0.25) is 0 Å². The Morgan fingerprint density at radius 3 is 2.65 bits per heavy atom. The van der Waals surface area contributed by atoms with E-state index >= 15 is 0 Å². The van der Waals surface area contributed by atoms with Crippen molar-refractivity contribution in [1.29, 1.82) is 0 Å². The molecule has 0 aliphatic rings. The smallest absolute Gasteiger partial charge is 0.300 e. The summed E-state index contributed by atoms with van der Waals surface area (Å²) in [6.07, 6.45) is 0.997. The number of nitrogens with zero attached hydrogens (tertiary/aromatic N) is 3. The summed E-state index contributed by atoms with van der Waals surface area (Å²) in [5.41, 5.74) is 5.06. The Bertz CT molecular complexity index is 459. The van der Waals surface area contributed by atoms with Crippen LogP contribution in [0.25, 0.3) is 0 Å². The lowest BCUT2D eigenvalue weighted by Crippen LogP contribution is -2.33. The van der Waals surface area contributed by atoms with E-state index in [0.717, 1.165) is 6.20 Å². The van der Waals surface area contributed by atoms with E-state index in [9.17, 15) is 14.9 Å². The molecule has 0 saturated carbocycles. The van der Waals surface area contributed by atoms with Gasteiger partial charge in [-0.2, -0.15) is 0 Å². The van der Waals surface area contributed by atoms with Gasteiger partial charge in [-0.1, -0.05) is 0 Å².